The summed E-state index contributed by atoms with van der Waals surface area (Å²) in [5, 5.41) is 8.43. The lowest BCUT2D eigenvalue weighted by Crippen LogP contribution is -2.15. The van der Waals surface area contributed by atoms with E-state index < -0.39 is 5.97 Å². The molecule has 1 rings (SSSR count). The van der Waals surface area contributed by atoms with Gasteiger partial charge < -0.3 is 57.2 Å². The van der Waals surface area contributed by atoms with Gasteiger partial charge in [-0.3, -0.25) is 0 Å². The number of ether oxygens (including phenoxy) is 11. The van der Waals surface area contributed by atoms with E-state index in [9.17, 15) is 4.79 Å². The molecule has 0 unspecified atom stereocenters. The van der Waals surface area contributed by atoms with Crippen LogP contribution in [0.2, 0.25) is 0 Å². The van der Waals surface area contributed by atoms with Gasteiger partial charge in [-0.25, -0.2) is 4.79 Å². The number of hydrogen-bond donors (Lipinski definition) is 1. The number of carbonyl (C=O) groups is 1. The summed E-state index contributed by atoms with van der Waals surface area (Å²) in [5.41, 5.74) is 1.38. The first-order valence-electron chi connectivity index (χ1n) is 18.4. The maximum Gasteiger partial charge on any atom is 0.329 e. The Kier molecular flexibility index (Phi) is 35.3. The van der Waals surface area contributed by atoms with Crippen LogP contribution in [0.15, 0.2) is 24.3 Å². The van der Waals surface area contributed by atoms with Crippen molar-refractivity contribution in [3.63, 3.8) is 0 Å². The minimum absolute atomic E-state index is 0.243. The zero-order valence-corrected chi connectivity index (χ0v) is 30.7. The van der Waals surface area contributed by atoms with Crippen LogP contribution < -0.4 is 4.74 Å². The molecule has 0 fully saturated rings. The second-order valence-electron chi connectivity index (χ2n) is 11.3. The van der Waals surface area contributed by atoms with E-state index in [1.165, 1.54) is 50.5 Å². The van der Waals surface area contributed by atoms with Gasteiger partial charge in [0.05, 0.1) is 126 Å². The topological polar surface area (TPSA) is 139 Å². The Morgan fingerprint density at radius 2 is 0.760 bits per heavy atom. The molecule has 0 heterocycles. The SMILES string of the molecule is CCCCCCCCCc1ccc(OCCOCCOCCOCCOCCOCCOCCOCCOCCOCCOCC(=O)O)cc1. The van der Waals surface area contributed by atoms with Gasteiger partial charge in [0, 0.05) is 0 Å². The zero-order valence-electron chi connectivity index (χ0n) is 30.7. The summed E-state index contributed by atoms with van der Waals surface area (Å²) in [6, 6.07) is 8.43. The van der Waals surface area contributed by atoms with Crippen LogP contribution in [-0.2, 0) is 58.6 Å². The summed E-state index contributed by atoms with van der Waals surface area (Å²) in [6.07, 6.45) is 10.5. The molecule has 13 heteroatoms. The lowest BCUT2D eigenvalue weighted by Gasteiger charge is -2.09. The molecular weight excluding hydrogens is 652 g/mol. The third kappa shape index (κ3) is 34.5. The number of benzene rings is 1. The first-order valence-corrected chi connectivity index (χ1v) is 18.4. The quantitative estimate of drug-likeness (QED) is 0.0945. The number of carboxylic acids is 1. The van der Waals surface area contributed by atoms with Crippen molar-refractivity contribution in [2.24, 2.45) is 0 Å². The van der Waals surface area contributed by atoms with Gasteiger partial charge in [-0.1, -0.05) is 57.6 Å². The molecule has 1 N–H and O–H groups in total. The van der Waals surface area contributed by atoms with Gasteiger partial charge >= 0.3 is 5.97 Å². The molecule has 1 aromatic rings. The number of aliphatic carboxylic acids is 1. The summed E-state index contributed by atoms with van der Waals surface area (Å²) in [7, 11) is 0. The number of hydrogen-bond acceptors (Lipinski definition) is 12. The molecule has 50 heavy (non-hydrogen) atoms. The molecule has 1 aromatic carbocycles. The molecule has 0 aliphatic rings. The maximum absolute atomic E-state index is 10.3. The van der Waals surface area contributed by atoms with Crippen LogP contribution in [0.1, 0.15) is 57.4 Å². The van der Waals surface area contributed by atoms with Crippen molar-refractivity contribution in [3.05, 3.63) is 29.8 Å². The van der Waals surface area contributed by atoms with Crippen LogP contribution in [0.3, 0.4) is 0 Å². The predicted molar refractivity (Wildman–Crippen MR) is 189 cm³/mol. The summed E-state index contributed by atoms with van der Waals surface area (Å²) in [6.45, 7) is 11.4. The van der Waals surface area contributed by atoms with Crippen molar-refractivity contribution in [1.29, 1.82) is 0 Å². The number of rotatable bonds is 41. The average Bonchev–Trinajstić information content (AvgIpc) is 3.12. The Hall–Kier alpha value is -1.91. The second-order valence-corrected chi connectivity index (χ2v) is 11.3. The Balaban J connectivity index is 1.69. The van der Waals surface area contributed by atoms with Crippen molar-refractivity contribution in [2.45, 2.75) is 58.3 Å². The molecule has 0 aliphatic heterocycles. The number of unbranched alkanes of at least 4 members (excludes halogenated alkanes) is 6. The fourth-order valence-electron chi connectivity index (χ4n) is 4.40. The standard InChI is InChI=1S/C37H66O13/c1-2-3-4-5-6-7-8-9-35-10-12-36(13-11-35)50-33-32-48-29-28-46-25-24-44-21-20-42-17-16-40-14-15-41-18-19-43-22-23-45-26-27-47-30-31-49-34-37(38)39/h10-13H,2-9,14-34H2,1H3,(H,38,39). The molecule has 292 valence electrons. The molecule has 0 radical (unpaired) electrons. The molecule has 0 saturated carbocycles. The highest BCUT2D eigenvalue weighted by atomic mass is 16.6. The van der Waals surface area contributed by atoms with Gasteiger partial charge in [0.2, 0.25) is 0 Å². The van der Waals surface area contributed by atoms with Gasteiger partial charge in [0.1, 0.15) is 19.0 Å². The molecule has 0 aliphatic carbocycles. The highest BCUT2D eigenvalue weighted by molar-refractivity contribution is 5.67. The molecular formula is C37H66O13. The van der Waals surface area contributed by atoms with Crippen LogP contribution in [0, 0.1) is 0 Å². The van der Waals surface area contributed by atoms with Crippen LogP contribution in [0.5, 0.6) is 5.75 Å². The Morgan fingerprint density at radius 1 is 0.440 bits per heavy atom. The van der Waals surface area contributed by atoms with E-state index in [-0.39, 0.29) is 13.2 Å². The van der Waals surface area contributed by atoms with Crippen molar-refractivity contribution >= 4 is 5.97 Å². The van der Waals surface area contributed by atoms with E-state index in [1.54, 1.807) is 0 Å². The Morgan fingerprint density at radius 3 is 1.12 bits per heavy atom. The largest absolute Gasteiger partial charge is 0.491 e. The smallest absolute Gasteiger partial charge is 0.329 e. The van der Waals surface area contributed by atoms with E-state index in [0.29, 0.717) is 126 Å². The van der Waals surface area contributed by atoms with Crippen molar-refractivity contribution in [1.82, 2.24) is 0 Å². The van der Waals surface area contributed by atoms with Crippen molar-refractivity contribution in [2.75, 3.05) is 139 Å². The van der Waals surface area contributed by atoms with E-state index in [4.69, 9.17) is 57.2 Å². The van der Waals surface area contributed by atoms with E-state index in [0.717, 1.165) is 12.2 Å². The van der Waals surface area contributed by atoms with Gasteiger partial charge in [0.15, 0.2) is 0 Å². The summed E-state index contributed by atoms with van der Waals surface area (Å²) in [4.78, 5) is 10.3. The minimum Gasteiger partial charge on any atom is -0.491 e. The molecule has 0 spiro atoms. The summed E-state index contributed by atoms with van der Waals surface area (Å²) >= 11 is 0. The average molecular weight is 719 g/mol. The summed E-state index contributed by atoms with van der Waals surface area (Å²) in [5.74, 6) is -0.113. The number of carboxylic acid groups (broad SMARTS) is 1. The normalized spacial score (nSPS) is 11.4. The fraction of sp³-hybridized carbons (Fsp3) is 0.811. The van der Waals surface area contributed by atoms with E-state index >= 15 is 0 Å². The van der Waals surface area contributed by atoms with Crippen molar-refractivity contribution < 1.29 is 62.0 Å². The monoisotopic (exact) mass is 718 g/mol. The first-order chi connectivity index (χ1) is 24.7. The zero-order chi connectivity index (χ0) is 35.8. The summed E-state index contributed by atoms with van der Waals surface area (Å²) < 4.78 is 59.7. The van der Waals surface area contributed by atoms with Crippen LogP contribution in [-0.4, -0.2) is 150 Å². The van der Waals surface area contributed by atoms with Gasteiger partial charge in [-0.15, -0.1) is 0 Å². The highest BCUT2D eigenvalue weighted by Gasteiger charge is 2.00. The molecule has 0 amide bonds. The van der Waals surface area contributed by atoms with Gasteiger partial charge in [0.25, 0.3) is 0 Å². The second kappa shape index (κ2) is 38.3. The Bertz CT molecular complexity index is 828. The number of aryl methyl sites for hydroxylation is 1. The van der Waals surface area contributed by atoms with E-state index in [2.05, 4.69) is 19.1 Å². The first kappa shape index (κ1) is 46.1. The lowest BCUT2D eigenvalue weighted by molar-refractivity contribution is -0.142. The molecule has 0 aromatic heterocycles. The van der Waals surface area contributed by atoms with Gasteiger partial charge in [-0.2, -0.15) is 0 Å². The Labute approximate surface area is 300 Å². The maximum atomic E-state index is 10.3. The van der Waals surface area contributed by atoms with Crippen LogP contribution >= 0.6 is 0 Å². The molecule has 0 atom stereocenters. The van der Waals surface area contributed by atoms with Crippen LogP contribution in [0.4, 0.5) is 0 Å². The molecule has 0 saturated heterocycles. The predicted octanol–water partition coefficient (Wildman–Crippen LogP) is 4.61. The van der Waals surface area contributed by atoms with E-state index in [1.807, 2.05) is 12.1 Å². The molecule has 0 bridgehead atoms. The third-order valence-electron chi connectivity index (χ3n) is 7.06. The third-order valence-corrected chi connectivity index (χ3v) is 7.06. The fourth-order valence-corrected chi connectivity index (χ4v) is 4.40. The molecule has 13 nitrogen and oxygen atoms in total. The van der Waals surface area contributed by atoms with Crippen molar-refractivity contribution in [3.8, 4) is 5.75 Å². The van der Waals surface area contributed by atoms with Crippen LogP contribution in [0.25, 0.3) is 0 Å². The minimum atomic E-state index is -0.994. The lowest BCUT2D eigenvalue weighted by atomic mass is 10.0. The highest BCUT2D eigenvalue weighted by Crippen LogP contribution is 2.15. The van der Waals surface area contributed by atoms with Gasteiger partial charge in [-0.05, 0) is 30.5 Å².